The fraction of sp³-hybridized carbons (Fsp3) is 0.250. The number of aromatic nitrogens is 2. The zero-order valence-corrected chi connectivity index (χ0v) is 17.4. The lowest BCUT2D eigenvalue weighted by atomic mass is 10.2. The molecule has 0 saturated carbocycles. The van der Waals surface area contributed by atoms with Crippen molar-refractivity contribution in [1.82, 2.24) is 13.9 Å². The molecule has 30 heavy (non-hydrogen) atoms. The highest BCUT2D eigenvalue weighted by molar-refractivity contribution is 7.95. The first kappa shape index (κ1) is 21.8. The number of hydrogen-bond acceptors (Lipinski definition) is 4. The van der Waals surface area contributed by atoms with E-state index in [1.165, 1.54) is 41.0 Å². The Bertz CT molecular complexity index is 1180. The molecular weight excluding hydrogens is 411 g/mol. The van der Waals surface area contributed by atoms with Gasteiger partial charge in [0.1, 0.15) is 12.4 Å². The maximum Gasteiger partial charge on any atom is 0.325 e. The van der Waals surface area contributed by atoms with Gasteiger partial charge in [0, 0.05) is 37.0 Å². The van der Waals surface area contributed by atoms with Crippen LogP contribution in [0.2, 0.25) is 0 Å². The van der Waals surface area contributed by atoms with E-state index in [-0.39, 0.29) is 22.3 Å². The number of amides is 1. The molecule has 0 saturated heterocycles. The SMILES string of the molecule is CCN(CC)[S+](=O)(O)c1ccc(NC(=O)Cn2cnc3cc(F)ccc3c2=O)cc1. The molecule has 10 heteroatoms. The van der Waals surface area contributed by atoms with Gasteiger partial charge in [0.15, 0.2) is 0 Å². The Labute approximate surface area is 173 Å². The summed E-state index contributed by atoms with van der Waals surface area (Å²) < 4.78 is 38.8. The topological polar surface area (TPSA) is 105 Å². The molecule has 0 aliphatic rings. The third-order valence-electron chi connectivity index (χ3n) is 4.60. The van der Waals surface area contributed by atoms with Gasteiger partial charge in [0.2, 0.25) is 10.8 Å². The second-order valence-electron chi connectivity index (χ2n) is 6.52. The smallest absolute Gasteiger partial charge is 0.325 e. The van der Waals surface area contributed by atoms with Gasteiger partial charge in [-0.1, -0.05) is 4.31 Å². The van der Waals surface area contributed by atoms with E-state index in [0.29, 0.717) is 18.8 Å². The van der Waals surface area contributed by atoms with Gasteiger partial charge in [-0.2, -0.15) is 4.55 Å². The van der Waals surface area contributed by atoms with Gasteiger partial charge in [-0.15, -0.1) is 0 Å². The highest BCUT2D eigenvalue weighted by Gasteiger charge is 2.36. The maximum absolute atomic E-state index is 13.3. The van der Waals surface area contributed by atoms with Crippen molar-refractivity contribution in [3.05, 3.63) is 65.0 Å². The molecule has 0 bridgehead atoms. The van der Waals surface area contributed by atoms with Crippen LogP contribution in [0.4, 0.5) is 10.1 Å². The molecule has 0 aliphatic heterocycles. The van der Waals surface area contributed by atoms with Gasteiger partial charge in [-0.3, -0.25) is 14.2 Å². The molecule has 3 aromatic rings. The molecule has 2 N–H and O–H groups in total. The summed E-state index contributed by atoms with van der Waals surface area (Å²) in [5.74, 6) is -0.970. The Kier molecular flexibility index (Phi) is 6.40. The van der Waals surface area contributed by atoms with Crippen LogP contribution in [0.1, 0.15) is 13.8 Å². The molecule has 0 fully saturated rings. The minimum Gasteiger partial charge on any atom is -0.325 e. The van der Waals surface area contributed by atoms with Gasteiger partial charge in [-0.05, 0) is 42.3 Å². The molecule has 1 heterocycles. The summed E-state index contributed by atoms with van der Waals surface area (Å²) in [5, 5.41) is 2.85. The number of hydrogen-bond donors (Lipinski definition) is 2. The van der Waals surface area contributed by atoms with E-state index in [1.807, 2.05) is 0 Å². The highest BCUT2D eigenvalue weighted by Crippen LogP contribution is 2.22. The lowest BCUT2D eigenvalue weighted by Gasteiger charge is -2.16. The molecule has 1 aromatic heterocycles. The fourth-order valence-corrected chi connectivity index (χ4v) is 4.53. The summed E-state index contributed by atoms with van der Waals surface area (Å²) in [6, 6.07) is 9.65. The average molecular weight is 433 g/mol. The van der Waals surface area contributed by atoms with Crippen molar-refractivity contribution in [2.45, 2.75) is 25.3 Å². The van der Waals surface area contributed by atoms with Crippen LogP contribution in [-0.2, 0) is 25.9 Å². The molecule has 1 atom stereocenters. The minimum atomic E-state index is -3.33. The van der Waals surface area contributed by atoms with E-state index < -0.39 is 27.7 Å². The number of nitrogens with zero attached hydrogens (tertiary/aromatic N) is 3. The van der Waals surface area contributed by atoms with Crippen LogP contribution in [-0.4, -0.2) is 37.4 Å². The van der Waals surface area contributed by atoms with E-state index in [0.717, 1.165) is 16.7 Å². The number of benzene rings is 2. The number of nitrogens with one attached hydrogen (secondary N) is 1. The van der Waals surface area contributed by atoms with Crippen LogP contribution in [0, 0.1) is 5.82 Å². The first-order valence-electron chi connectivity index (χ1n) is 9.32. The van der Waals surface area contributed by atoms with Gasteiger partial charge in [0.25, 0.3) is 5.56 Å². The van der Waals surface area contributed by atoms with Crippen molar-refractivity contribution >= 4 is 32.9 Å². The van der Waals surface area contributed by atoms with Crippen molar-refractivity contribution in [2.75, 3.05) is 18.4 Å². The standard InChI is InChI=1S/C20H21FN4O4S/c1-3-25(4-2)30(28,29)16-8-6-15(7-9-16)23-19(26)12-24-13-22-18-11-14(21)5-10-17(18)20(24)27/h5-11,13H,3-4,12H2,1-2H3,(H-,23,26,28,29)/p+1. The number of rotatable bonds is 7. The summed E-state index contributed by atoms with van der Waals surface area (Å²) in [4.78, 5) is 29.0. The van der Waals surface area contributed by atoms with E-state index in [2.05, 4.69) is 10.3 Å². The van der Waals surface area contributed by atoms with Crippen molar-refractivity contribution in [3.8, 4) is 0 Å². The third-order valence-corrected chi connectivity index (χ3v) is 6.70. The van der Waals surface area contributed by atoms with Crippen LogP contribution in [0.3, 0.4) is 0 Å². The molecule has 0 aliphatic carbocycles. The number of carbonyl (C=O) groups excluding carboxylic acids is 1. The Balaban J connectivity index is 1.73. The van der Waals surface area contributed by atoms with Crippen LogP contribution in [0.5, 0.6) is 0 Å². The van der Waals surface area contributed by atoms with E-state index in [9.17, 15) is 22.7 Å². The van der Waals surface area contributed by atoms with Crippen molar-refractivity contribution < 1.29 is 17.9 Å². The Morgan fingerprint density at radius 2 is 1.87 bits per heavy atom. The number of fused-ring (bicyclic) bond motifs is 1. The maximum atomic E-state index is 13.3. The molecule has 1 unspecified atom stereocenters. The Morgan fingerprint density at radius 3 is 2.50 bits per heavy atom. The lowest BCUT2D eigenvalue weighted by molar-refractivity contribution is -0.116. The van der Waals surface area contributed by atoms with Gasteiger partial charge in [-0.25, -0.2) is 9.37 Å². The lowest BCUT2D eigenvalue weighted by Crippen LogP contribution is -2.35. The summed E-state index contributed by atoms with van der Waals surface area (Å²) in [6.07, 6.45) is 1.19. The number of carbonyl (C=O) groups is 1. The second kappa shape index (κ2) is 8.82. The average Bonchev–Trinajstić information content (AvgIpc) is 2.71. The molecular formula is C20H22FN4O4S+. The predicted molar refractivity (Wildman–Crippen MR) is 113 cm³/mol. The summed E-state index contributed by atoms with van der Waals surface area (Å²) >= 11 is 0. The zero-order chi connectivity index (χ0) is 21.9. The van der Waals surface area contributed by atoms with E-state index in [1.54, 1.807) is 13.8 Å². The normalized spacial score (nSPS) is 13.4. The van der Waals surface area contributed by atoms with E-state index >= 15 is 0 Å². The molecule has 0 spiro atoms. The first-order valence-corrected chi connectivity index (χ1v) is 10.8. The molecule has 8 nitrogen and oxygen atoms in total. The molecule has 0 radical (unpaired) electrons. The van der Waals surface area contributed by atoms with Crippen LogP contribution in [0.15, 0.2) is 58.5 Å². The highest BCUT2D eigenvalue weighted by atomic mass is 32.3. The van der Waals surface area contributed by atoms with Crippen LogP contribution >= 0.6 is 0 Å². The predicted octanol–water partition coefficient (Wildman–Crippen LogP) is 2.76. The third kappa shape index (κ3) is 4.45. The first-order chi connectivity index (χ1) is 14.3. The summed E-state index contributed by atoms with van der Waals surface area (Å²) in [7, 11) is -3.33. The van der Waals surface area contributed by atoms with Crippen molar-refractivity contribution in [3.63, 3.8) is 0 Å². The summed E-state index contributed by atoms with van der Waals surface area (Å²) in [5.41, 5.74) is 0.181. The fourth-order valence-electron chi connectivity index (χ4n) is 3.04. The van der Waals surface area contributed by atoms with E-state index in [4.69, 9.17) is 0 Å². The molecule has 3 rings (SSSR count). The van der Waals surface area contributed by atoms with Crippen molar-refractivity contribution in [2.24, 2.45) is 0 Å². The van der Waals surface area contributed by atoms with Crippen molar-refractivity contribution in [1.29, 1.82) is 0 Å². The Hall–Kier alpha value is -2.95. The molecule has 1 amide bonds. The monoisotopic (exact) mass is 433 g/mol. The zero-order valence-electron chi connectivity index (χ0n) is 16.5. The van der Waals surface area contributed by atoms with Gasteiger partial charge < -0.3 is 5.32 Å². The number of anilines is 1. The van der Waals surface area contributed by atoms with Crippen LogP contribution in [0.25, 0.3) is 10.9 Å². The van der Waals surface area contributed by atoms with Crippen LogP contribution < -0.4 is 10.9 Å². The molecule has 158 valence electrons. The largest absolute Gasteiger partial charge is 0.325 e. The van der Waals surface area contributed by atoms with Gasteiger partial charge in [0.05, 0.1) is 17.2 Å². The second-order valence-corrected chi connectivity index (χ2v) is 8.50. The molecule has 2 aromatic carbocycles. The number of halogens is 1. The minimum absolute atomic E-state index is 0.213. The Morgan fingerprint density at radius 1 is 1.20 bits per heavy atom. The quantitative estimate of drug-likeness (QED) is 0.558. The van der Waals surface area contributed by atoms with Gasteiger partial charge >= 0.3 is 10.4 Å². The summed E-state index contributed by atoms with van der Waals surface area (Å²) in [6.45, 7) is 4.16.